The molecule has 2 heterocycles. The summed E-state index contributed by atoms with van der Waals surface area (Å²) in [7, 11) is 2.82. The first-order valence-corrected chi connectivity index (χ1v) is 16.4. The van der Waals surface area contributed by atoms with E-state index in [2.05, 4.69) is 15.9 Å². The molecule has 1 saturated carbocycles. The lowest BCUT2D eigenvalue weighted by atomic mass is 9.57. The quantitative estimate of drug-likeness (QED) is 0.176. The summed E-state index contributed by atoms with van der Waals surface area (Å²) in [6.07, 6.45) is 6.25. The maximum Gasteiger partial charge on any atom is 0.254 e. The van der Waals surface area contributed by atoms with Crippen molar-refractivity contribution in [1.29, 1.82) is 0 Å². The van der Waals surface area contributed by atoms with Crippen molar-refractivity contribution in [3.05, 3.63) is 65.3 Å². The molecule has 236 valence electrons. The molecule has 2 saturated heterocycles. The second-order valence-corrected chi connectivity index (χ2v) is 13.4. The Hall–Kier alpha value is -3.34. The van der Waals surface area contributed by atoms with Crippen LogP contribution < -0.4 is 14.4 Å². The van der Waals surface area contributed by atoms with Crippen LogP contribution >= 0.6 is 39.1 Å². The molecule has 4 amide bonds. The first kappa shape index (κ1) is 31.6. The van der Waals surface area contributed by atoms with Crippen molar-refractivity contribution < 1.29 is 33.8 Å². The van der Waals surface area contributed by atoms with Crippen LogP contribution in [-0.2, 0) is 25.6 Å². The minimum atomic E-state index is -1.91. The number of nitrogens with zero attached hydrogens (tertiary/aromatic N) is 2. The monoisotopic (exact) mass is 716 g/mol. The SMILES string of the molecule is CCc1ccc(N2C(=O)[C@H]3[C@H](CC=C4[C@H]3C[C@@]3(Cl)C(=O)N(CBr)C(=O)[C@@]3(Cl)[C@H]4C=Cc3cc(OC)c(O)c(OC)c3)C2=O)cc1. The Labute approximate surface area is 278 Å². The van der Waals surface area contributed by atoms with Gasteiger partial charge in [-0.2, -0.15) is 0 Å². The number of anilines is 1. The summed E-state index contributed by atoms with van der Waals surface area (Å²) < 4.78 is 10.6. The highest BCUT2D eigenvalue weighted by Crippen LogP contribution is 2.63. The fourth-order valence-corrected chi connectivity index (χ4v) is 8.73. The first-order valence-electron chi connectivity index (χ1n) is 14.6. The molecule has 0 bridgehead atoms. The maximum atomic E-state index is 14.1. The van der Waals surface area contributed by atoms with Gasteiger partial charge in [-0.05, 0) is 60.6 Å². The molecule has 1 N–H and O–H groups in total. The number of carbonyl (C=O) groups is 4. The molecule has 2 aliphatic heterocycles. The van der Waals surface area contributed by atoms with Gasteiger partial charge in [-0.15, -0.1) is 23.2 Å². The summed E-state index contributed by atoms with van der Waals surface area (Å²) in [6, 6.07) is 10.5. The number of hydrogen-bond donors (Lipinski definition) is 1. The van der Waals surface area contributed by atoms with Crippen LogP contribution in [0.3, 0.4) is 0 Å². The van der Waals surface area contributed by atoms with Crippen molar-refractivity contribution in [2.45, 2.75) is 35.9 Å². The van der Waals surface area contributed by atoms with Gasteiger partial charge in [0.1, 0.15) is 0 Å². The van der Waals surface area contributed by atoms with Crippen LogP contribution in [0, 0.1) is 23.7 Å². The van der Waals surface area contributed by atoms with E-state index >= 15 is 0 Å². The lowest BCUT2D eigenvalue weighted by Crippen LogP contribution is -2.60. The Balaban J connectivity index is 1.46. The van der Waals surface area contributed by atoms with E-state index in [0.29, 0.717) is 16.8 Å². The third-order valence-corrected chi connectivity index (χ3v) is 11.6. The Morgan fingerprint density at radius 3 is 2.22 bits per heavy atom. The molecule has 6 rings (SSSR count). The molecule has 2 aromatic carbocycles. The van der Waals surface area contributed by atoms with Crippen molar-refractivity contribution >= 4 is 74.5 Å². The number of ether oxygens (including phenoxy) is 2. The molecule has 0 radical (unpaired) electrons. The summed E-state index contributed by atoms with van der Waals surface area (Å²) in [6.45, 7) is 2.02. The Bertz CT molecular complexity index is 1650. The van der Waals surface area contributed by atoms with Crippen LogP contribution in [0.15, 0.2) is 54.1 Å². The molecule has 4 aliphatic rings. The van der Waals surface area contributed by atoms with Gasteiger partial charge in [-0.25, -0.2) is 0 Å². The summed E-state index contributed by atoms with van der Waals surface area (Å²) in [5.74, 6) is -4.78. The van der Waals surface area contributed by atoms with Crippen LogP contribution in [0.25, 0.3) is 6.08 Å². The van der Waals surface area contributed by atoms with Crippen molar-refractivity contribution in [3.63, 3.8) is 0 Å². The highest BCUT2D eigenvalue weighted by atomic mass is 79.9. The second kappa shape index (κ2) is 11.5. The van der Waals surface area contributed by atoms with Crippen LogP contribution in [0.1, 0.15) is 30.9 Å². The number of aryl methyl sites for hydroxylation is 1. The van der Waals surface area contributed by atoms with E-state index < -0.39 is 45.2 Å². The molecule has 0 aromatic heterocycles. The van der Waals surface area contributed by atoms with Crippen LogP contribution in [0.2, 0.25) is 0 Å². The molecule has 0 spiro atoms. The van der Waals surface area contributed by atoms with Gasteiger partial charge in [0.2, 0.25) is 17.6 Å². The number of carbonyl (C=O) groups excluding carboxylic acids is 4. The molecule has 45 heavy (non-hydrogen) atoms. The fourth-order valence-electron chi connectivity index (χ4n) is 7.35. The molecule has 2 aliphatic carbocycles. The number of hydrogen-bond acceptors (Lipinski definition) is 7. The van der Waals surface area contributed by atoms with Crippen molar-refractivity contribution in [2.24, 2.45) is 23.7 Å². The van der Waals surface area contributed by atoms with Gasteiger partial charge >= 0.3 is 0 Å². The number of aromatic hydroxyl groups is 1. The average molecular weight is 718 g/mol. The molecule has 3 fully saturated rings. The first-order chi connectivity index (χ1) is 21.5. The van der Waals surface area contributed by atoms with E-state index in [1.54, 1.807) is 36.4 Å². The van der Waals surface area contributed by atoms with Crippen molar-refractivity contribution in [2.75, 3.05) is 24.6 Å². The number of alkyl halides is 3. The number of halogens is 3. The highest BCUT2D eigenvalue weighted by molar-refractivity contribution is 9.09. The number of phenolic OH excluding ortho intramolecular Hbond substituents is 1. The third-order valence-electron chi connectivity index (χ3n) is 9.66. The van der Waals surface area contributed by atoms with Crippen LogP contribution in [0.4, 0.5) is 5.69 Å². The Morgan fingerprint density at radius 2 is 1.64 bits per heavy atom. The van der Waals surface area contributed by atoms with Gasteiger partial charge in [0.05, 0.1) is 37.2 Å². The molecular weight excluding hydrogens is 687 g/mol. The highest BCUT2D eigenvalue weighted by Gasteiger charge is 2.75. The molecular formula is C33H31BrCl2N2O7. The summed E-state index contributed by atoms with van der Waals surface area (Å²) in [4.78, 5) is 54.0. The van der Waals surface area contributed by atoms with E-state index in [-0.39, 0.29) is 47.4 Å². The smallest absolute Gasteiger partial charge is 0.254 e. The number of likely N-dealkylation sites (tertiary alicyclic amines) is 1. The normalized spacial score (nSPS) is 30.8. The topological polar surface area (TPSA) is 113 Å². The summed E-state index contributed by atoms with van der Waals surface area (Å²) in [5.41, 5.74) is 2.70. The zero-order valence-corrected chi connectivity index (χ0v) is 27.9. The number of benzene rings is 2. The number of fused-ring (bicyclic) bond motifs is 4. The zero-order valence-electron chi connectivity index (χ0n) is 24.8. The van der Waals surface area contributed by atoms with E-state index in [1.165, 1.54) is 19.1 Å². The molecule has 12 heteroatoms. The van der Waals surface area contributed by atoms with Gasteiger partial charge in [-0.1, -0.05) is 58.8 Å². The summed E-state index contributed by atoms with van der Waals surface area (Å²) >= 11 is 17.7. The molecule has 9 nitrogen and oxygen atoms in total. The number of rotatable bonds is 7. The number of amides is 4. The van der Waals surface area contributed by atoms with E-state index in [4.69, 9.17) is 32.7 Å². The van der Waals surface area contributed by atoms with Gasteiger partial charge < -0.3 is 14.6 Å². The largest absolute Gasteiger partial charge is 0.502 e. The van der Waals surface area contributed by atoms with E-state index in [9.17, 15) is 24.3 Å². The average Bonchev–Trinajstić information content (AvgIpc) is 3.38. The minimum Gasteiger partial charge on any atom is -0.502 e. The number of allylic oxidation sites excluding steroid dienone is 3. The molecule has 6 atom stereocenters. The second-order valence-electron chi connectivity index (χ2n) is 11.7. The predicted octanol–water partition coefficient (Wildman–Crippen LogP) is 5.43. The number of phenols is 1. The van der Waals surface area contributed by atoms with Crippen LogP contribution in [-0.4, -0.2) is 63.1 Å². The lowest BCUT2D eigenvalue weighted by molar-refractivity contribution is -0.138. The third kappa shape index (κ3) is 4.47. The zero-order chi connectivity index (χ0) is 32.4. The maximum absolute atomic E-state index is 14.1. The van der Waals surface area contributed by atoms with E-state index in [0.717, 1.165) is 16.9 Å². The molecule has 0 unspecified atom stereocenters. The van der Waals surface area contributed by atoms with Gasteiger partial charge in [0, 0.05) is 5.92 Å². The van der Waals surface area contributed by atoms with Crippen molar-refractivity contribution in [3.8, 4) is 17.2 Å². The number of imide groups is 2. The minimum absolute atomic E-state index is 0.0913. The van der Waals surface area contributed by atoms with Crippen LogP contribution in [0.5, 0.6) is 17.2 Å². The standard InChI is InChI=1S/C33H31BrCl2N2O7/c1-4-17-5-8-19(9-6-17)38-28(40)21-11-10-20-22(26(21)29(38)41)15-32(35)30(42)37(16-34)31(43)33(32,36)23(20)12-7-18-13-24(44-2)27(39)25(14-18)45-3/h5-10,12-14,21-23,26,39H,4,11,15-16H2,1-3H3/t21-,22+,23-,26-,32+,33-/m0/s1. The number of methoxy groups -OCH3 is 2. The fraction of sp³-hybridized carbons (Fsp3) is 0.394. The summed E-state index contributed by atoms with van der Waals surface area (Å²) in [5, 5.41) is 10.4. The Morgan fingerprint density at radius 1 is 1.00 bits per heavy atom. The Kier molecular flexibility index (Phi) is 8.07. The van der Waals surface area contributed by atoms with Gasteiger partial charge in [0.25, 0.3) is 11.8 Å². The molecule has 2 aromatic rings. The van der Waals surface area contributed by atoms with Crippen molar-refractivity contribution in [1.82, 2.24) is 4.90 Å². The van der Waals surface area contributed by atoms with Gasteiger partial charge in [-0.3, -0.25) is 29.0 Å². The van der Waals surface area contributed by atoms with Gasteiger partial charge in [0.15, 0.2) is 21.2 Å². The predicted molar refractivity (Wildman–Crippen MR) is 173 cm³/mol. The lowest BCUT2D eigenvalue weighted by Gasteiger charge is -2.49. The van der Waals surface area contributed by atoms with E-state index in [1.807, 2.05) is 25.1 Å².